The number of carbonyl (C=O) groups excluding carboxylic acids is 1. The first-order valence-electron chi connectivity index (χ1n) is 8.06. The molecule has 1 fully saturated rings. The molecule has 1 aromatic heterocycles. The summed E-state index contributed by atoms with van der Waals surface area (Å²) in [5.41, 5.74) is 7.33. The van der Waals surface area contributed by atoms with Gasteiger partial charge in [0.05, 0.1) is 5.56 Å². The zero-order valence-corrected chi connectivity index (χ0v) is 14.1. The Bertz CT molecular complexity index is 641. The van der Waals surface area contributed by atoms with Crippen molar-refractivity contribution in [3.8, 4) is 0 Å². The molecule has 1 saturated heterocycles. The second kappa shape index (κ2) is 7.73. The highest BCUT2D eigenvalue weighted by Crippen LogP contribution is 2.18. The van der Waals surface area contributed by atoms with Gasteiger partial charge in [0.2, 0.25) is 5.91 Å². The van der Waals surface area contributed by atoms with Gasteiger partial charge in [-0.1, -0.05) is 30.3 Å². The molecule has 1 aliphatic rings. The van der Waals surface area contributed by atoms with Crippen LogP contribution in [0.2, 0.25) is 0 Å². The summed E-state index contributed by atoms with van der Waals surface area (Å²) in [6.07, 6.45) is 1.18. The summed E-state index contributed by atoms with van der Waals surface area (Å²) < 4.78 is 0. The van der Waals surface area contributed by atoms with E-state index in [1.165, 1.54) is 16.9 Å². The maximum Gasteiger partial charge on any atom is 0.249 e. The Morgan fingerprint density at radius 2 is 1.74 bits per heavy atom. The minimum Gasteiger partial charge on any atom is -0.366 e. The molecule has 23 heavy (non-hydrogen) atoms. The predicted molar refractivity (Wildman–Crippen MR) is 94.4 cm³/mol. The average molecular weight is 329 g/mol. The lowest BCUT2D eigenvalue weighted by Crippen LogP contribution is -2.30. The van der Waals surface area contributed by atoms with Crippen molar-refractivity contribution in [3.05, 3.63) is 57.8 Å². The van der Waals surface area contributed by atoms with Crippen molar-refractivity contribution in [3.63, 3.8) is 0 Å². The molecule has 3 rings (SSSR count). The van der Waals surface area contributed by atoms with Gasteiger partial charge in [-0.05, 0) is 31.1 Å². The quantitative estimate of drug-likeness (QED) is 0.917. The maximum absolute atomic E-state index is 11.2. The lowest BCUT2D eigenvalue weighted by molar-refractivity contribution is 0.100. The number of amides is 1. The lowest BCUT2D eigenvalue weighted by atomic mass is 10.2. The summed E-state index contributed by atoms with van der Waals surface area (Å²) in [4.78, 5) is 17.4. The molecule has 0 spiro atoms. The van der Waals surface area contributed by atoms with Crippen LogP contribution in [0.3, 0.4) is 0 Å². The maximum atomic E-state index is 11.2. The van der Waals surface area contributed by atoms with Gasteiger partial charge in [0.15, 0.2) is 0 Å². The van der Waals surface area contributed by atoms with Crippen LogP contribution in [0.4, 0.5) is 0 Å². The van der Waals surface area contributed by atoms with Gasteiger partial charge in [0.1, 0.15) is 0 Å². The zero-order chi connectivity index (χ0) is 16.1. The number of primary amides is 1. The molecule has 0 unspecified atom stereocenters. The van der Waals surface area contributed by atoms with Gasteiger partial charge in [-0.15, -0.1) is 11.3 Å². The molecule has 5 heteroatoms. The van der Waals surface area contributed by atoms with E-state index in [2.05, 4.69) is 40.1 Å². The number of nitrogens with two attached hydrogens (primary N) is 1. The first kappa shape index (κ1) is 16.2. The predicted octanol–water partition coefficient (Wildman–Crippen LogP) is 2.55. The molecular weight excluding hydrogens is 306 g/mol. The summed E-state index contributed by atoms with van der Waals surface area (Å²) in [5.74, 6) is -0.336. The van der Waals surface area contributed by atoms with E-state index in [4.69, 9.17) is 5.73 Å². The molecule has 1 aliphatic heterocycles. The van der Waals surface area contributed by atoms with E-state index in [0.29, 0.717) is 5.56 Å². The first-order valence-corrected chi connectivity index (χ1v) is 8.94. The molecule has 122 valence electrons. The highest BCUT2D eigenvalue weighted by molar-refractivity contribution is 7.10. The van der Waals surface area contributed by atoms with Gasteiger partial charge in [0, 0.05) is 36.4 Å². The fraction of sp³-hybridized carbons (Fsp3) is 0.389. The molecule has 2 aromatic rings. The third-order valence-corrected chi connectivity index (χ3v) is 5.17. The van der Waals surface area contributed by atoms with Crippen LogP contribution in [0, 0.1) is 0 Å². The monoisotopic (exact) mass is 329 g/mol. The van der Waals surface area contributed by atoms with Gasteiger partial charge < -0.3 is 5.73 Å². The van der Waals surface area contributed by atoms with Crippen LogP contribution in [-0.2, 0) is 13.1 Å². The van der Waals surface area contributed by atoms with Gasteiger partial charge in [0.25, 0.3) is 0 Å². The molecule has 0 aliphatic carbocycles. The molecular formula is C18H23N3OS. The second-order valence-corrected chi connectivity index (χ2v) is 7.05. The number of thiophene rings is 1. The summed E-state index contributed by atoms with van der Waals surface area (Å²) in [6.45, 7) is 6.34. The smallest absolute Gasteiger partial charge is 0.249 e. The van der Waals surface area contributed by atoms with Crippen molar-refractivity contribution >= 4 is 17.2 Å². The van der Waals surface area contributed by atoms with Gasteiger partial charge in [-0.3, -0.25) is 14.6 Å². The van der Waals surface area contributed by atoms with Crippen molar-refractivity contribution in [1.29, 1.82) is 0 Å². The van der Waals surface area contributed by atoms with E-state index in [-0.39, 0.29) is 5.91 Å². The molecule has 0 bridgehead atoms. The summed E-state index contributed by atoms with van der Waals surface area (Å²) >= 11 is 1.63. The molecule has 0 radical (unpaired) electrons. The summed E-state index contributed by atoms with van der Waals surface area (Å²) in [7, 11) is 0. The topological polar surface area (TPSA) is 49.6 Å². The van der Waals surface area contributed by atoms with Gasteiger partial charge in [-0.2, -0.15) is 0 Å². The number of hydrogen-bond donors (Lipinski definition) is 1. The Hall–Kier alpha value is -1.69. The largest absolute Gasteiger partial charge is 0.366 e. The number of carbonyl (C=O) groups is 1. The van der Waals surface area contributed by atoms with Crippen LogP contribution in [0.25, 0.3) is 0 Å². The number of nitrogens with zero attached hydrogens (tertiary/aromatic N) is 2. The van der Waals surface area contributed by atoms with Crippen LogP contribution in [-0.4, -0.2) is 41.9 Å². The van der Waals surface area contributed by atoms with Crippen molar-refractivity contribution in [2.75, 3.05) is 26.2 Å². The average Bonchev–Trinajstić information content (AvgIpc) is 2.91. The molecule has 0 atom stereocenters. The van der Waals surface area contributed by atoms with Crippen LogP contribution < -0.4 is 5.73 Å². The Morgan fingerprint density at radius 3 is 2.39 bits per heavy atom. The Kier molecular flexibility index (Phi) is 5.43. The Morgan fingerprint density at radius 1 is 1.04 bits per heavy atom. The third kappa shape index (κ3) is 4.64. The second-order valence-electron chi connectivity index (χ2n) is 6.06. The van der Waals surface area contributed by atoms with Crippen molar-refractivity contribution in [2.45, 2.75) is 19.5 Å². The van der Waals surface area contributed by atoms with Crippen LogP contribution >= 0.6 is 11.3 Å². The standard InChI is InChI=1S/C18H23N3OS/c19-18(22)16-11-17(23-14-16)13-21-8-4-7-20(9-10-21)12-15-5-2-1-3-6-15/h1-3,5-6,11,14H,4,7-10,12-13H2,(H2,19,22). The summed E-state index contributed by atoms with van der Waals surface area (Å²) in [5, 5.41) is 1.86. The Labute approximate surface area is 141 Å². The minimum atomic E-state index is -0.336. The summed E-state index contributed by atoms with van der Waals surface area (Å²) in [6, 6.07) is 12.6. The fourth-order valence-corrected chi connectivity index (χ4v) is 3.91. The number of benzene rings is 1. The SMILES string of the molecule is NC(=O)c1csc(CN2CCCN(Cc3ccccc3)CC2)c1. The minimum absolute atomic E-state index is 0.336. The molecule has 2 N–H and O–H groups in total. The molecule has 1 aromatic carbocycles. The van der Waals surface area contributed by atoms with Gasteiger partial charge in [-0.25, -0.2) is 0 Å². The highest BCUT2D eigenvalue weighted by atomic mass is 32.1. The normalized spacial score (nSPS) is 17.0. The van der Waals surface area contributed by atoms with Crippen LogP contribution in [0.15, 0.2) is 41.8 Å². The highest BCUT2D eigenvalue weighted by Gasteiger charge is 2.16. The zero-order valence-electron chi connectivity index (χ0n) is 13.3. The van der Waals surface area contributed by atoms with E-state index >= 15 is 0 Å². The molecule has 1 amide bonds. The number of hydrogen-bond acceptors (Lipinski definition) is 4. The number of rotatable bonds is 5. The molecule has 0 saturated carbocycles. The van der Waals surface area contributed by atoms with E-state index in [1.54, 1.807) is 11.3 Å². The van der Waals surface area contributed by atoms with Crippen molar-refractivity contribution in [1.82, 2.24) is 9.80 Å². The van der Waals surface area contributed by atoms with Gasteiger partial charge >= 0.3 is 0 Å². The van der Waals surface area contributed by atoms with E-state index < -0.39 is 0 Å². The van der Waals surface area contributed by atoms with Crippen molar-refractivity contribution in [2.24, 2.45) is 5.73 Å². The lowest BCUT2D eigenvalue weighted by Gasteiger charge is -2.21. The first-order chi connectivity index (χ1) is 11.2. The third-order valence-electron chi connectivity index (χ3n) is 4.25. The van der Waals surface area contributed by atoms with E-state index in [0.717, 1.165) is 39.3 Å². The Balaban J connectivity index is 1.52. The van der Waals surface area contributed by atoms with E-state index in [1.807, 2.05) is 11.4 Å². The van der Waals surface area contributed by atoms with Crippen LogP contribution in [0.5, 0.6) is 0 Å². The van der Waals surface area contributed by atoms with Crippen molar-refractivity contribution < 1.29 is 4.79 Å². The van der Waals surface area contributed by atoms with Crippen LogP contribution in [0.1, 0.15) is 27.2 Å². The molecule has 2 heterocycles. The fourth-order valence-electron chi connectivity index (χ4n) is 3.00. The molecule has 4 nitrogen and oxygen atoms in total. The van der Waals surface area contributed by atoms with E-state index in [9.17, 15) is 4.79 Å².